The molecule has 0 amide bonds. The predicted octanol–water partition coefficient (Wildman–Crippen LogP) is 4.69. The average Bonchev–Trinajstić information content (AvgIpc) is 2.83. The van der Waals surface area contributed by atoms with Gasteiger partial charge in [-0.15, -0.1) is 0 Å². The first-order valence-corrected chi connectivity index (χ1v) is 12.0. The number of rotatable bonds is 4. The van der Waals surface area contributed by atoms with Gasteiger partial charge in [-0.05, 0) is 43.2 Å². The van der Waals surface area contributed by atoms with E-state index in [9.17, 15) is 13.2 Å². The third kappa shape index (κ3) is 3.64. The number of pyridine rings is 1. The van der Waals surface area contributed by atoms with Crippen molar-refractivity contribution in [1.82, 2.24) is 4.98 Å². The summed E-state index contributed by atoms with van der Waals surface area (Å²) < 4.78 is 39.3. The number of hydrogen-bond acceptors (Lipinski definition) is 6. The Kier molecular flexibility index (Phi) is 5.13. The molecule has 0 radical (unpaired) electrons. The molecule has 0 bridgehead atoms. The number of sulfone groups is 1. The quantitative estimate of drug-likeness (QED) is 0.412. The number of benzene rings is 3. The minimum atomic E-state index is -4.07. The van der Waals surface area contributed by atoms with Crippen molar-refractivity contribution in [3.05, 3.63) is 89.1 Å². The molecule has 0 N–H and O–H groups in total. The van der Waals surface area contributed by atoms with Gasteiger partial charge < -0.3 is 9.47 Å². The monoisotopic (exact) mass is 459 g/mol. The van der Waals surface area contributed by atoms with Crippen molar-refractivity contribution in [1.29, 1.82) is 0 Å². The molecule has 2 heterocycles. The molecule has 5 rings (SSSR count). The fourth-order valence-corrected chi connectivity index (χ4v) is 5.60. The second-order valence-electron chi connectivity index (χ2n) is 7.96. The zero-order valence-corrected chi connectivity index (χ0v) is 19.0. The summed E-state index contributed by atoms with van der Waals surface area (Å²) in [7, 11) is -4.07. The number of ketones is 1. The average molecular weight is 460 g/mol. The molecule has 0 saturated carbocycles. The molecule has 33 heavy (non-hydrogen) atoms. The first kappa shape index (κ1) is 21.2. The van der Waals surface area contributed by atoms with E-state index < -0.39 is 15.6 Å². The summed E-state index contributed by atoms with van der Waals surface area (Å²) >= 11 is 0. The van der Waals surface area contributed by atoms with E-state index in [0.717, 1.165) is 11.1 Å². The van der Waals surface area contributed by atoms with E-state index in [2.05, 4.69) is 4.98 Å². The smallest absolute Gasteiger partial charge is 0.208 e. The minimum absolute atomic E-state index is 0.0172. The maximum Gasteiger partial charge on any atom is 0.208 e. The second kappa shape index (κ2) is 8.01. The highest BCUT2D eigenvalue weighted by molar-refractivity contribution is 7.91. The van der Waals surface area contributed by atoms with E-state index in [1.165, 1.54) is 6.20 Å². The summed E-state index contributed by atoms with van der Waals surface area (Å²) in [5.41, 5.74) is 2.64. The predicted molar refractivity (Wildman–Crippen MR) is 124 cm³/mol. The molecule has 1 aliphatic rings. The Morgan fingerprint density at radius 1 is 0.879 bits per heavy atom. The van der Waals surface area contributed by atoms with Gasteiger partial charge in [-0.3, -0.25) is 9.78 Å². The van der Waals surface area contributed by atoms with Gasteiger partial charge in [-0.1, -0.05) is 36.4 Å². The molecule has 0 saturated heterocycles. The van der Waals surface area contributed by atoms with Crippen LogP contribution in [0.4, 0.5) is 0 Å². The number of ether oxygens (including phenoxy) is 2. The lowest BCUT2D eigenvalue weighted by Crippen LogP contribution is -2.16. The van der Waals surface area contributed by atoms with Crippen LogP contribution in [0.3, 0.4) is 0 Å². The molecule has 0 atom stereocenters. The summed E-state index contributed by atoms with van der Waals surface area (Å²) in [6.45, 7) is 4.53. The highest BCUT2D eigenvalue weighted by Crippen LogP contribution is 2.39. The van der Waals surface area contributed by atoms with Crippen LogP contribution in [0.2, 0.25) is 0 Å². The van der Waals surface area contributed by atoms with E-state index in [1.807, 2.05) is 13.8 Å². The second-order valence-corrected chi connectivity index (χ2v) is 9.85. The molecule has 0 fully saturated rings. The molecule has 4 aromatic rings. The Morgan fingerprint density at radius 2 is 1.58 bits per heavy atom. The molecular weight excluding hydrogens is 438 g/mol. The lowest BCUT2D eigenvalue weighted by molar-refractivity contribution is 0.103. The fourth-order valence-electron chi connectivity index (χ4n) is 3.90. The zero-order chi connectivity index (χ0) is 23.2. The largest absolute Gasteiger partial charge is 0.486 e. The molecule has 0 unspecified atom stereocenters. The molecule has 7 heteroatoms. The van der Waals surface area contributed by atoms with E-state index in [4.69, 9.17) is 9.47 Å². The number of fused-ring (bicyclic) bond motifs is 2. The summed E-state index contributed by atoms with van der Waals surface area (Å²) in [6.07, 6.45) is 1.33. The fraction of sp³-hybridized carbons (Fsp3) is 0.154. The molecule has 3 aromatic carbocycles. The van der Waals surface area contributed by atoms with Gasteiger partial charge in [0.1, 0.15) is 13.2 Å². The van der Waals surface area contributed by atoms with Gasteiger partial charge >= 0.3 is 0 Å². The summed E-state index contributed by atoms with van der Waals surface area (Å²) in [4.78, 5) is 17.9. The van der Waals surface area contributed by atoms with Crippen molar-refractivity contribution < 1.29 is 22.7 Å². The standard InChI is InChI=1S/C26H21NO5S/c1-16-8-9-19(12-17(16)2)33(29,30)26-20-13-23-24(32-11-10-31-23)14-22(20)27-15-21(26)25(28)18-6-4-3-5-7-18/h3-9,12-15H,10-11H2,1-2H3. The van der Waals surface area contributed by atoms with Crippen molar-refractivity contribution in [2.75, 3.05) is 13.2 Å². The molecule has 0 aliphatic carbocycles. The highest BCUT2D eigenvalue weighted by atomic mass is 32.2. The van der Waals surface area contributed by atoms with Crippen molar-refractivity contribution in [3.8, 4) is 11.5 Å². The number of carbonyl (C=O) groups excluding carboxylic acids is 1. The summed E-state index contributed by atoms with van der Waals surface area (Å²) in [6, 6.07) is 16.8. The molecule has 0 spiro atoms. The number of hydrogen-bond donors (Lipinski definition) is 0. The maximum absolute atomic E-state index is 14.0. The lowest BCUT2D eigenvalue weighted by atomic mass is 10.0. The number of nitrogens with zero attached hydrogens (tertiary/aromatic N) is 1. The molecule has 166 valence electrons. The van der Waals surface area contributed by atoms with Crippen LogP contribution in [0, 0.1) is 13.8 Å². The Labute approximate surface area is 191 Å². The Bertz CT molecular complexity index is 1510. The molecule has 1 aromatic heterocycles. The van der Waals surface area contributed by atoms with Gasteiger partial charge in [0, 0.05) is 23.2 Å². The van der Waals surface area contributed by atoms with E-state index in [-0.39, 0.29) is 15.4 Å². The maximum atomic E-state index is 14.0. The SMILES string of the molecule is Cc1ccc(S(=O)(=O)c2c(C(=O)c3ccccc3)cnc3cc4c(cc23)OCCO4)cc1C. The molecule has 6 nitrogen and oxygen atoms in total. The van der Waals surface area contributed by atoms with Crippen molar-refractivity contribution in [2.45, 2.75) is 23.6 Å². The van der Waals surface area contributed by atoms with Crippen LogP contribution in [0.5, 0.6) is 11.5 Å². The topological polar surface area (TPSA) is 82.6 Å². The Morgan fingerprint density at radius 3 is 2.27 bits per heavy atom. The number of carbonyl (C=O) groups is 1. The minimum Gasteiger partial charge on any atom is -0.486 e. The normalized spacial score (nSPS) is 13.2. The highest BCUT2D eigenvalue weighted by Gasteiger charge is 2.30. The zero-order valence-electron chi connectivity index (χ0n) is 18.2. The van der Waals surface area contributed by atoms with Crippen LogP contribution in [-0.4, -0.2) is 32.4 Å². The van der Waals surface area contributed by atoms with Gasteiger partial charge in [-0.2, -0.15) is 0 Å². The third-order valence-electron chi connectivity index (χ3n) is 5.82. The van der Waals surface area contributed by atoms with Crippen molar-refractivity contribution >= 4 is 26.5 Å². The first-order valence-electron chi connectivity index (χ1n) is 10.5. The van der Waals surface area contributed by atoms with E-state index >= 15 is 0 Å². The number of aryl methyl sites for hydroxylation is 2. The van der Waals surface area contributed by atoms with Gasteiger partial charge in [0.25, 0.3) is 0 Å². The van der Waals surface area contributed by atoms with Crippen molar-refractivity contribution in [2.24, 2.45) is 0 Å². The third-order valence-corrected chi connectivity index (χ3v) is 7.67. The Hall–Kier alpha value is -3.71. The van der Waals surface area contributed by atoms with Crippen LogP contribution >= 0.6 is 0 Å². The molecular formula is C26H21NO5S. The summed E-state index contributed by atoms with van der Waals surface area (Å²) in [5, 5.41) is 0.319. The van der Waals surface area contributed by atoms with Gasteiger partial charge in [-0.25, -0.2) is 8.42 Å². The first-order chi connectivity index (χ1) is 15.9. The van der Waals surface area contributed by atoms with Gasteiger partial charge in [0.05, 0.1) is 20.9 Å². The molecule has 1 aliphatic heterocycles. The van der Waals surface area contributed by atoms with E-state index in [0.29, 0.717) is 41.2 Å². The van der Waals surface area contributed by atoms with Crippen molar-refractivity contribution in [3.63, 3.8) is 0 Å². The Balaban J connectivity index is 1.83. The summed E-state index contributed by atoms with van der Waals surface area (Å²) in [5.74, 6) is 0.511. The van der Waals surface area contributed by atoms with Gasteiger partial charge in [0.15, 0.2) is 17.3 Å². The van der Waals surface area contributed by atoms with E-state index in [1.54, 1.807) is 60.7 Å². The van der Waals surface area contributed by atoms with Crippen LogP contribution in [-0.2, 0) is 9.84 Å². The van der Waals surface area contributed by atoms with Crippen LogP contribution < -0.4 is 9.47 Å². The van der Waals surface area contributed by atoms with Crippen LogP contribution in [0.1, 0.15) is 27.0 Å². The van der Waals surface area contributed by atoms with Crippen LogP contribution in [0.25, 0.3) is 10.9 Å². The lowest BCUT2D eigenvalue weighted by Gasteiger charge is -2.20. The number of aromatic nitrogens is 1. The van der Waals surface area contributed by atoms with Crippen LogP contribution in [0.15, 0.2) is 76.7 Å². The van der Waals surface area contributed by atoms with Gasteiger partial charge in [0.2, 0.25) is 9.84 Å².